The van der Waals surface area contributed by atoms with Gasteiger partial charge in [-0.05, 0) is 45.1 Å². The first-order valence-corrected chi connectivity index (χ1v) is 11.3. The molecule has 0 bridgehead atoms. The lowest BCUT2D eigenvalue weighted by Gasteiger charge is -2.37. The molecule has 0 radical (unpaired) electrons. The van der Waals surface area contributed by atoms with Gasteiger partial charge in [-0.2, -0.15) is 0 Å². The molecule has 0 unspecified atom stereocenters. The number of carbonyl (C=O) groups excluding carboxylic acids is 3. The molecule has 2 amide bonds. The Kier molecular flexibility index (Phi) is 7.71. The van der Waals surface area contributed by atoms with Gasteiger partial charge in [0.25, 0.3) is 0 Å². The number of nitrogens with one attached hydrogen (secondary N) is 1. The molecule has 9 heteroatoms. The Balaban J connectivity index is 1.61. The standard InChI is InChI=1S/C23H31N3O5S/c1-23(2,21(32)25-13-8-12-18(25)20(28)30-3)24-19(27)17-11-7-14-26(17)22(29)31-15-16-9-5-4-6-10-16/h4-6,9-10,17-18H,7-8,11-15H2,1-3H3,(H,24,27)/t17-,18-/m0/s1. The molecule has 2 atom stereocenters. The van der Waals surface area contributed by atoms with Crippen molar-refractivity contribution in [1.82, 2.24) is 15.1 Å². The maximum absolute atomic E-state index is 13.1. The fourth-order valence-corrected chi connectivity index (χ4v) is 4.52. The number of rotatable bonds is 6. The summed E-state index contributed by atoms with van der Waals surface area (Å²) in [4.78, 5) is 41.6. The SMILES string of the molecule is COC(=O)[C@@H]1CCCN1C(=S)C(C)(C)NC(=O)[C@@H]1CCCN1C(=O)OCc1ccccc1. The van der Waals surface area contributed by atoms with Crippen LogP contribution >= 0.6 is 12.2 Å². The molecule has 174 valence electrons. The van der Waals surface area contributed by atoms with Gasteiger partial charge in [-0.3, -0.25) is 9.69 Å². The van der Waals surface area contributed by atoms with Crippen LogP contribution in [-0.2, 0) is 25.7 Å². The Hall–Kier alpha value is -2.68. The second-order valence-corrected chi connectivity index (χ2v) is 9.07. The van der Waals surface area contributed by atoms with Crippen molar-refractivity contribution >= 4 is 35.2 Å². The minimum absolute atomic E-state index is 0.157. The average Bonchev–Trinajstić information content (AvgIpc) is 3.46. The van der Waals surface area contributed by atoms with E-state index in [-0.39, 0.29) is 18.5 Å². The zero-order valence-electron chi connectivity index (χ0n) is 18.8. The maximum Gasteiger partial charge on any atom is 0.410 e. The summed E-state index contributed by atoms with van der Waals surface area (Å²) in [6.45, 7) is 4.89. The summed E-state index contributed by atoms with van der Waals surface area (Å²) in [6.07, 6.45) is 2.27. The number of methoxy groups -OCH3 is 1. The van der Waals surface area contributed by atoms with E-state index in [0.717, 1.165) is 18.4 Å². The van der Waals surface area contributed by atoms with E-state index < -0.39 is 23.7 Å². The molecule has 1 aromatic carbocycles. The van der Waals surface area contributed by atoms with E-state index >= 15 is 0 Å². The Morgan fingerprint density at radius 3 is 2.34 bits per heavy atom. The average molecular weight is 462 g/mol. The van der Waals surface area contributed by atoms with Crippen molar-refractivity contribution < 1.29 is 23.9 Å². The third kappa shape index (κ3) is 5.38. The van der Waals surface area contributed by atoms with Crippen molar-refractivity contribution in [2.75, 3.05) is 20.2 Å². The number of likely N-dealkylation sites (tertiary alicyclic amines) is 2. The fourth-order valence-electron chi connectivity index (χ4n) is 4.25. The van der Waals surface area contributed by atoms with Crippen LogP contribution in [0.3, 0.4) is 0 Å². The molecule has 2 saturated heterocycles. The molecule has 8 nitrogen and oxygen atoms in total. The van der Waals surface area contributed by atoms with Crippen LogP contribution in [-0.4, -0.2) is 70.6 Å². The predicted molar refractivity (Wildman–Crippen MR) is 123 cm³/mol. The van der Waals surface area contributed by atoms with Gasteiger partial charge in [-0.15, -0.1) is 0 Å². The van der Waals surface area contributed by atoms with Crippen molar-refractivity contribution in [3.63, 3.8) is 0 Å². The number of ether oxygens (including phenoxy) is 2. The molecule has 2 aliphatic rings. The highest BCUT2D eigenvalue weighted by Crippen LogP contribution is 2.25. The largest absolute Gasteiger partial charge is 0.467 e. The molecule has 2 heterocycles. The molecule has 0 aliphatic carbocycles. The Morgan fingerprint density at radius 1 is 1.06 bits per heavy atom. The van der Waals surface area contributed by atoms with E-state index in [1.807, 2.05) is 49.1 Å². The van der Waals surface area contributed by atoms with Crippen molar-refractivity contribution in [1.29, 1.82) is 0 Å². The van der Waals surface area contributed by atoms with E-state index in [1.165, 1.54) is 12.0 Å². The second kappa shape index (κ2) is 10.3. The van der Waals surface area contributed by atoms with Crippen LogP contribution < -0.4 is 5.32 Å². The summed E-state index contributed by atoms with van der Waals surface area (Å²) in [5.41, 5.74) is 0.0175. The van der Waals surface area contributed by atoms with Gasteiger partial charge in [0.15, 0.2) is 0 Å². The van der Waals surface area contributed by atoms with Gasteiger partial charge in [-0.1, -0.05) is 42.5 Å². The van der Waals surface area contributed by atoms with E-state index in [4.69, 9.17) is 21.7 Å². The monoisotopic (exact) mass is 461 g/mol. The minimum atomic E-state index is -0.870. The molecule has 0 spiro atoms. The summed E-state index contributed by atoms with van der Waals surface area (Å²) in [5.74, 6) is -0.601. The number of amides is 2. The summed E-state index contributed by atoms with van der Waals surface area (Å²) in [6, 6.07) is 8.37. The lowest BCUT2D eigenvalue weighted by atomic mass is 10.0. The molecule has 0 saturated carbocycles. The van der Waals surface area contributed by atoms with E-state index in [1.54, 1.807) is 0 Å². The Labute approximate surface area is 194 Å². The van der Waals surface area contributed by atoms with Crippen molar-refractivity contribution in [2.45, 2.75) is 63.8 Å². The van der Waals surface area contributed by atoms with Gasteiger partial charge in [-0.25, -0.2) is 9.59 Å². The topological polar surface area (TPSA) is 88.2 Å². The summed E-state index contributed by atoms with van der Waals surface area (Å²) in [7, 11) is 1.36. The van der Waals surface area contributed by atoms with Crippen LogP contribution in [0, 0.1) is 0 Å². The fraction of sp³-hybridized carbons (Fsp3) is 0.565. The third-order valence-corrected chi connectivity index (χ3v) is 6.70. The minimum Gasteiger partial charge on any atom is -0.467 e. The number of nitrogens with zero attached hydrogens (tertiary/aromatic N) is 2. The van der Waals surface area contributed by atoms with Crippen LogP contribution in [0.15, 0.2) is 30.3 Å². The molecule has 32 heavy (non-hydrogen) atoms. The highest BCUT2D eigenvalue weighted by molar-refractivity contribution is 7.80. The molecule has 2 aliphatic heterocycles. The highest BCUT2D eigenvalue weighted by Gasteiger charge is 2.42. The molecule has 1 aromatic rings. The lowest BCUT2D eigenvalue weighted by molar-refractivity contribution is -0.144. The van der Waals surface area contributed by atoms with Crippen LogP contribution in [0.25, 0.3) is 0 Å². The summed E-state index contributed by atoms with van der Waals surface area (Å²) in [5, 5.41) is 2.99. The van der Waals surface area contributed by atoms with Gasteiger partial charge in [0.05, 0.1) is 12.6 Å². The van der Waals surface area contributed by atoms with Gasteiger partial charge in [0, 0.05) is 13.1 Å². The maximum atomic E-state index is 13.1. The first-order chi connectivity index (χ1) is 15.2. The number of carbonyl (C=O) groups is 3. The Morgan fingerprint density at radius 2 is 1.69 bits per heavy atom. The number of esters is 1. The van der Waals surface area contributed by atoms with Crippen molar-refractivity contribution in [3.8, 4) is 0 Å². The number of hydrogen-bond acceptors (Lipinski definition) is 6. The number of benzene rings is 1. The first-order valence-electron chi connectivity index (χ1n) is 10.9. The van der Waals surface area contributed by atoms with E-state index in [0.29, 0.717) is 30.9 Å². The molecule has 3 rings (SSSR count). The zero-order chi connectivity index (χ0) is 23.3. The summed E-state index contributed by atoms with van der Waals surface area (Å²) < 4.78 is 10.3. The van der Waals surface area contributed by atoms with Crippen molar-refractivity contribution in [3.05, 3.63) is 35.9 Å². The Bertz CT molecular complexity index is 860. The van der Waals surface area contributed by atoms with Crippen LogP contribution in [0.5, 0.6) is 0 Å². The van der Waals surface area contributed by atoms with Crippen LogP contribution in [0.2, 0.25) is 0 Å². The number of hydrogen-bond donors (Lipinski definition) is 1. The third-order valence-electron chi connectivity index (χ3n) is 5.95. The smallest absolute Gasteiger partial charge is 0.410 e. The first kappa shape index (κ1) is 24.0. The van der Waals surface area contributed by atoms with Gasteiger partial charge >= 0.3 is 12.1 Å². The molecule has 1 N–H and O–H groups in total. The van der Waals surface area contributed by atoms with E-state index in [2.05, 4.69) is 5.32 Å². The molecule has 2 fully saturated rings. The molecular formula is C23H31N3O5S. The lowest BCUT2D eigenvalue weighted by Crippen LogP contribution is -2.60. The van der Waals surface area contributed by atoms with Crippen molar-refractivity contribution in [2.24, 2.45) is 0 Å². The normalized spacial score (nSPS) is 20.7. The van der Waals surface area contributed by atoms with Gasteiger partial charge in [0.2, 0.25) is 5.91 Å². The molecular weight excluding hydrogens is 430 g/mol. The zero-order valence-corrected chi connectivity index (χ0v) is 19.7. The van der Waals surface area contributed by atoms with Crippen LogP contribution in [0.1, 0.15) is 45.1 Å². The van der Waals surface area contributed by atoms with Crippen LogP contribution in [0.4, 0.5) is 4.79 Å². The summed E-state index contributed by atoms with van der Waals surface area (Å²) >= 11 is 5.66. The van der Waals surface area contributed by atoms with Gasteiger partial charge in [0.1, 0.15) is 23.7 Å². The molecule has 0 aromatic heterocycles. The predicted octanol–water partition coefficient (Wildman–Crippen LogP) is 2.65. The van der Waals surface area contributed by atoms with E-state index in [9.17, 15) is 14.4 Å². The number of thiocarbonyl (C=S) groups is 1. The second-order valence-electron chi connectivity index (χ2n) is 8.69. The quantitative estimate of drug-likeness (QED) is 0.515. The highest BCUT2D eigenvalue weighted by atomic mass is 32.1. The van der Waals surface area contributed by atoms with Gasteiger partial charge < -0.3 is 19.7 Å².